The van der Waals surface area contributed by atoms with Crippen LogP contribution in [-0.4, -0.2) is 34.2 Å². The Kier molecular flexibility index (Phi) is 4.17. The molecule has 1 saturated heterocycles. The first kappa shape index (κ1) is 15.7. The summed E-state index contributed by atoms with van der Waals surface area (Å²) in [5.41, 5.74) is 2.27. The number of rotatable bonds is 3. The predicted molar refractivity (Wildman–Crippen MR) is 89.8 cm³/mol. The van der Waals surface area contributed by atoms with Gasteiger partial charge in [0, 0.05) is 35.9 Å². The van der Waals surface area contributed by atoms with Crippen molar-refractivity contribution in [2.75, 3.05) is 18.0 Å². The second-order valence-corrected chi connectivity index (χ2v) is 6.28. The van der Waals surface area contributed by atoms with Crippen LogP contribution in [0.4, 0.5) is 11.4 Å². The van der Waals surface area contributed by atoms with Crippen LogP contribution in [0.3, 0.4) is 0 Å². The number of anilines is 1. The van der Waals surface area contributed by atoms with Gasteiger partial charge in [-0.15, -0.1) is 0 Å². The van der Waals surface area contributed by atoms with Crippen molar-refractivity contribution >= 4 is 22.3 Å². The smallest absolute Gasteiger partial charge is 0.295 e. The van der Waals surface area contributed by atoms with Crippen LogP contribution in [-0.2, 0) is 0 Å². The molecule has 1 atom stereocenters. The highest BCUT2D eigenvalue weighted by atomic mass is 16.6. The molecule has 0 saturated carbocycles. The van der Waals surface area contributed by atoms with Gasteiger partial charge in [0.05, 0.1) is 11.0 Å². The number of fused-ring (bicyclic) bond motifs is 1. The van der Waals surface area contributed by atoms with Crippen LogP contribution in [0.5, 0.6) is 0 Å². The van der Waals surface area contributed by atoms with Gasteiger partial charge in [-0.05, 0) is 38.7 Å². The molecule has 1 N–H and O–H groups in total. The maximum atomic E-state index is 11.3. The van der Waals surface area contributed by atoms with Crippen LogP contribution >= 0.6 is 0 Å². The number of piperidine rings is 1. The minimum Gasteiger partial charge on any atom is -0.393 e. The molecular weight excluding hydrogens is 294 g/mol. The van der Waals surface area contributed by atoms with Crippen LogP contribution in [0.2, 0.25) is 0 Å². The van der Waals surface area contributed by atoms with E-state index in [0.717, 1.165) is 42.7 Å². The number of benzene rings is 1. The van der Waals surface area contributed by atoms with E-state index in [9.17, 15) is 15.2 Å². The van der Waals surface area contributed by atoms with Crippen molar-refractivity contribution in [1.29, 1.82) is 0 Å². The number of aromatic nitrogens is 1. The van der Waals surface area contributed by atoms with Gasteiger partial charge in [-0.25, -0.2) is 4.98 Å². The summed E-state index contributed by atoms with van der Waals surface area (Å²) < 4.78 is 0. The molecule has 0 spiro atoms. The largest absolute Gasteiger partial charge is 0.393 e. The standard InChI is InChI=1S/C17H21N3O3/c1-11-10-16(19-8-6-13(7-9-19)12(2)21)14-4-3-5-15(20(22)23)17(14)18-11/h3-5,10,12-13,21H,6-9H2,1-2H3. The molecule has 1 aliphatic heterocycles. The van der Waals surface area contributed by atoms with Gasteiger partial charge < -0.3 is 10.0 Å². The fourth-order valence-electron chi connectivity index (χ4n) is 3.37. The summed E-state index contributed by atoms with van der Waals surface area (Å²) in [6, 6.07) is 7.10. The highest BCUT2D eigenvalue weighted by molar-refractivity contribution is 5.97. The Morgan fingerprint density at radius 3 is 2.70 bits per heavy atom. The summed E-state index contributed by atoms with van der Waals surface area (Å²) in [5.74, 6) is 0.329. The highest BCUT2D eigenvalue weighted by Crippen LogP contribution is 2.34. The minimum absolute atomic E-state index is 0.0475. The zero-order chi connectivity index (χ0) is 16.6. The van der Waals surface area contributed by atoms with E-state index in [1.165, 1.54) is 6.07 Å². The zero-order valence-electron chi connectivity index (χ0n) is 13.4. The average molecular weight is 315 g/mol. The van der Waals surface area contributed by atoms with Gasteiger partial charge in [0.1, 0.15) is 0 Å². The first-order valence-electron chi connectivity index (χ1n) is 7.95. The van der Waals surface area contributed by atoms with Gasteiger partial charge in [-0.1, -0.05) is 12.1 Å². The molecule has 2 heterocycles. The van der Waals surface area contributed by atoms with Crippen LogP contribution in [0, 0.1) is 23.0 Å². The van der Waals surface area contributed by atoms with E-state index < -0.39 is 0 Å². The van der Waals surface area contributed by atoms with E-state index in [4.69, 9.17) is 0 Å². The van der Waals surface area contributed by atoms with E-state index >= 15 is 0 Å². The second kappa shape index (κ2) is 6.12. The van der Waals surface area contributed by atoms with E-state index in [-0.39, 0.29) is 16.7 Å². The Labute approximate surface area is 134 Å². The second-order valence-electron chi connectivity index (χ2n) is 6.28. The van der Waals surface area contributed by atoms with Crippen molar-refractivity contribution in [3.8, 4) is 0 Å². The molecule has 1 aromatic heterocycles. The van der Waals surface area contributed by atoms with Crippen LogP contribution in [0.1, 0.15) is 25.5 Å². The fourth-order valence-corrected chi connectivity index (χ4v) is 3.37. The Bertz CT molecular complexity index is 737. The van der Waals surface area contributed by atoms with Gasteiger partial charge in [-0.3, -0.25) is 10.1 Å². The summed E-state index contributed by atoms with van der Waals surface area (Å²) >= 11 is 0. The Morgan fingerprint density at radius 1 is 1.39 bits per heavy atom. The third-order valence-corrected chi connectivity index (χ3v) is 4.68. The molecule has 0 amide bonds. The van der Waals surface area contributed by atoms with Crippen molar-refractivity contribution in [3.05, 3.63) is 40.1 Å². The van der Waals surface area contributed by atoms with E-state index in [1.807, 2.05) is 26.0 Å². The summed E-state index contributed by atoms with van der Waals surface area (Å²) in [6.45, 7) is 5.39. The maximum Gasteiger partial charge on any atom is 0.295 e. The lowest BCUT2D eigenvalue weighted by atomic mass is 9.91. The molecule has 0 radical (unpaired) electrons. The van der Waals surface area contributed by atoms with Crippen molar-refractivity contribution < 1.29 is 10.0 Å². The summed E-state index contributed by atoms with van der Waals surface area (Å²) in [5, 5.41) is 21.8. The molecule has 6 heteroatoms. The molecule has 3 rings (SSSR count). The summed E-state index contributed by atoms with van der Waals surface area (Å²) in [6.07, 6.45) is 1.57. The van der Waals surface area contributed by atoms with E-state index in [1.54, 1.807) is 6.07 Å². The maximum absolute atomic E-state index is 11.3. The molecule has 122 valence electrons. The number of aliphatic hydroxyl groups is 1. The zero-order valence-corrected chi connectivity index (χ0v) is 13.4. The van der Waals surface area contributed by atoms with E-state index in [2.05, 4.69) is 9.88 Å². The van der Waals surface area contributed by atoms with Gasteiger partial charge >= 0.3 is 0 Å². The molecule has 1 unspecified atom stereocenters. The van der Waals surface area contributed by atoms with Gasteiger partial charge in [0.25, 0.3) is 5.69 Å². The number of nitro benzene ring substituents is 1. The van der Waals surface area contributed by atoms with Gasteiger partial charge in [-0.2, -0.15) is 0 Å². The quantitative estimate of drug-likeness (QED) is 0.695. The summed E-state index contributed by atoms with van der Waals surface area (Å²) in [7, 11) is 0. The normalized spacial score (nSPS) is 17.4. The van der Waals surface area contributed by atoms with Crippen LogP contribution in [0.15, 0.2) is 24.3 Å². The van der Waals surface area contributed by atoms with Gasteiger partial charge in [0.2, 0.25) is 0 Å². The number of non-ortho nitro benzene ring substituents is 1. The SMILES string of the molecule is Cc1cc(N2CCC(C(C)O)CC2)c2cccc([N+](=O)[O-])c2n1. The number of hydrogen-bond acceptors (Lipinski definition) is 5. The molecule has 0 aliphatic carbocycles. The van der Waals surface area contributed by atoms with Crippen molar-refractivity contribution in [3.63, 3.8) is 0 Å². The molecule has 0 bridgehead atoms. The number of hydrogen-bond donors (Lipinski definition) is 1. The van der Waals surface area contributed by atoms with Crippen LogP contribution < -0.4 is 4.90 Å². The summed E-state index contributed by atoms with van der Waals surface area (Å²) in [4.78, 5) is 17.5. The fraction of sp³-hybridized carbons (Fsp3) is 0.471. The Balaban J connectivity index is 2.02. The lowest BCUT2D eigenvalue weighted by Crippen LogP contribution is -2.37. The molecule has 2 aromatic rings. The average Bonchev–Trinajstić information content (AvgIpc) is 2.53. The molecule has 1 fully saturated rings. The number of aryl methyl sites for hydroxylation is 1. The number of nitro groups is 1. The molecular formula is C17H21N3O3. The number of aliphatic hydroxyl groups excluding tert-OH is 1. The molecule has 6 nitrogen and oxygen atoms in total. The topological polar surface area (TPSA) is 79.5 Å². The monoisotopic (exact) mass is 315 g/mol. The Hall–Kier alpha value is -2.21. The van der Waals surface area contributed by atoms with Crippen LogP contribution in [0.25, 0.3) is 10.9 Å². The van der Waals surface area contributed by atoms with Gasteiger partial charge in [0.15, 0.2) is 5.52 Å². The number of pyridine rings is 1. The first-order chi connectivity index (χ1) is 11.0. The highest BCUT2D eigenvalue weighted by Gasteiger charge is 2.25. The molecule has 23 heavy (non-hydrogen) atoms. The predicted octanol–water partition coefficient (Wildman–Crippen LogP) is 3.05. The Morgan fingerprint density at radius 2 is 2.09 bits per heavy atom. The minimum atomic E-state index is -0.377. The van der Waals surface area contributed by atoms with Crippen molar-refractivity contribution in [1.82, 2.24) is 4.98 Å². The number of para-hydroxylation sites is 1. The molecule has 1 aliphatic rings. The van der Waals surface area contributed by atoms with Crippen molar-refractivity contribution in [2.24, 2.45) is 5.92 Å². The lowest BCUT2D eigenvalue weighted by molar-refractivity contribution is -0.383. The van der Waals surface area contributed by atoms with E-state index in [0.29, 0.717) is 11.4 Å². The third-order valence-electron chi connectivity index (χ3n) is 4.68. The lowest BCUT2D eigenvalue weighted by Gasteiger charge is -2.35. The third kappa shape index (κ3) is 2.99. The van der Waals surface area contributed by atoms with Crippen molar-refractivity contribution in [2.45, 2.75) is 32.8 Å². The first-order valence-corrected chi connectivity index (χ1v) is 7.95. The molecule has 1 aromatic carbocycles. The number of nitrogens with zero attached hydrogens (tertiary/aromatic N) is 3.